The fourth-order valence-electron chi connectivity index (χ4n) is 1.62. The zero-order valence-electron chi connectivity index (χ0n) is 10.7. The summed E-state index contributed by atoms with van der Waals surface area (Å²) in [5.41, 5.74) is 1.50. The molecule has 1 N–H and O–H groups in total. The summed E-state index contributed by atoms with van der Waals surface area (Å²) in [6.45, 7) is 3.98. The highest BCUT2D eigenvalue weighted by molar-refractivity contribution is 9.10. The molecule has 2 aromatic rings. The molecule has 0 aliphatic carbocycles. The minimum atomic E-state index is -0.226. The molecule has 1 aromatic heterocycles. The molecule has 6 heteroatoms. The Kier molecular flexibility index (Phi) is 4.31. The number of hydrogen-bond acceptors (Lipinski definition) is 3. The van der Waals surface area contributed by atoms with Crippen molar-refractivity contribution < 1.29 is 4.79 Å². The monoisotopic (exact) mass is 322 g/mol. The van der Waals surface area contributed by atoms with Crippen molar-refractivity contribution in [2.24, 2.45) is 5.92 Å². The molecule has 1 atom stereocenters. The van der Waals surface area contributed by atoms with Gasteiger partial charge in [-0.15, -0.1) is 5.10 Å². The standard InChI is InChI=1S/C13H15BrN4O/c1-9(2)12(14)13(19)16-10-5-3-4-6-11(10)18-8-7-15-17-18/h3-9,12H,1-2H3,(H,16,19). The van der Waals surface area contributed by atoms with E-state index in [0.29, 0.717) is 5.69 Å². The molecular formula is C13H15BrN4O. The second kappa shape index (κ2) is 5.97. The number of alkyl halides is 1. The molecule has 0 fully saturated rings. The van der Waals surface area contributed by atoms with E-state index in [4.69, 9.17) is 0 Å². The fourth-order valence-corrected chi connectivity index (χ4v) is 1.73. The number of rotatable bonds is 4. The summed E-state index contributed by atoms with van der Waals surface area (Å²) in [6.07, 6.45) is 3.33. The Labute approximate surface area is 120 Å². The third-order valence-electron chi connectivity index (χ3n) is 2.67. The van der Waals surface area contributed by atoms with E-state index in [0.717, 1.165) is 5.69 Å². The number of amides is 1. The van der Waals surface area contributed by atoms with Crippen molar-refractivity contribution in [3.05, 3.63) is 36.7 Å². The van der Waals surface area contributed by atoms with Crippen LogP contribution in [0.3, 0.4) is 0 Å². The maximum Gasteiger partial charge on any atom is 0.238 e. The van der Waals surface area contributed by atoms with E-state index in [-0.39, 0.29) is 16.7 Å². The molecule has 0 aliphatic heterocycles. The van der Waals surface area contributed by atoms with E-state index in [1.165, 1.54) is 0 Å². The van der Waals surface area contributed by atoms with Crippen molar-refractivity contribution in [1.82, 2.24) is 15.0 Å². The molecule has 1 amide bonds. The van der Waals surface area contributed by atoms with Gasteiger partial charge in [0.2, 0.25) is 5.91 Å². The Morgan fingerprint density at radius 2 is 2.11 bits per heavy atom. The maximum atomic E-state index is 12.1. The summed E-state index contributed by atoms with van der Waals surface area (Å²) in [6, 6.07) is 7.48. The number of anilines is 1. The zero-order chi connectivity index (χ0) is 13.8. The predicted octanol–water partition coefficient (Wildman–Crippen LogP) is 2.63. The van der Waals surface area contributed by atoms with Crippen molar-refractivity contribution in [3.8, 4) is 5.69 Å². The molecule has 1 unspecified atom stereocenters. The third-order valence-corrected chi connectivity index (χ3v) is 4.14. The van der Waals surface area contributed by atoms with Crippen LogP contribution in [-0.4, -0.2) is 25.7 Å². The molecule has 0 saturated carbocycles. The summed E-state index contributed by atoms with van der Waals surface area (Å²) < 4.78 is 1.62. The molecule has 0 radical (unpaired) electrons. The normalized spacial score (nSPS) is 12.4. The molecule has 1 heterocycles. The summed E-state index contributed by atoms with van der Waals surface area (Å²) >= 11 is 3.39. The second-order valence-corrected chi connectivity index (χ2v) is 5.49. The lowest BCUT2D eigenvalue weighted by Crippen LogP contribution is -2.27. The molecule has 19 heavy (non-hydrogen) atoms. The number of halogens is 1. The van der Waals surface area contributed by atoms with Gasteiger partial charge in [0, 0.05) is 0 Å². The van der Waals surface area contributed by atoms with Crippen LogP contribution in [0.1, 0.15) is 13.8 Å². The molecule has 0 saturated heterocycles. The SMILES string of the molecule is CC(C)C(Br)C(=O)Nc1ccccc1-n1ccnn1. The van der Waals surface area contributed by atoms with E-state index in [1.807, 2.05) is 38.1 Å². The topological polar surface area (TPSA) is 59.8 Å². The van der Waals surface area contributed by atoms with Crippen LogP contribution in [-0.2, 0) is 4.79 Å². The van der Waals surface area contributed by atoms with Gasteiger partial charge in [-0.3, -0.25) is 4.79 Å². The van der Waals surface area contributed by atoms with E-state index in [1.54, 1.807) is 17.1 Å². The summed E-state index contributed by atoms with van der Waals surface area (Å²) in [5.74, 6) is 0.154. The molecule has 5 nitrogen and oxygen atoms in total. The lowest BCUT2D eigenvalue weighted by Gasteiger charge is -2.15. The van der Waals surface area contributed by atoms with Gasteiger partial charge in [0.1, 0.15) is 0 Å². The van der Waals surface area contributed by atoms with E-state index in [2.05, 4.69) is 31.6 Å². The molecule has 1 aromatic carbocycles. The minimum Gasteiger partial charge on any atom is -0.323 e. The fraction of sp³-hybridized carbons (Fsp3) is 0.308. The van der Waals surface area contributed by atoms with Gasteiger partial charge in [0.25, 0.3) is 0 Å². The average Bonchev–Trinajstić information content (AvgIpc) is 2.92. The number of nitrogens with one attached hydrogen (secondary N) is 1. The summed E-state index contributed by atoms with van der Waals surface area (Å²) in [7, 11) is 0. The van der Waals surface area contributed by atoms with E-state index >= 15 is 0 Å². The van der Waals surface area contributed by atoms with Gasteiger partial charge in [-0.1, -0.05) is 47.1 Å². The molecule has 0 aliphatic rings. The van der Waals surface area contributed by atoms with Crippen LogP contribution in [0.5, 0.6) is 0 Å². The first-order chi connectivity index (χ1) is 9.09. The lowest BCUT2D eigenvalue weighted by molar-refractivity contribution is -0.116. The van der Waals surface area contributed by atoms with Crippen molar-refractivity contribution in [1.29, 1.82) is 0 Å². The van der Waals surface area contributed by atoms with Gasteiger partial charge < -0.3 is 5.32 Å². The molecule has 2 rings (SSSR count). The van der Waals surface area contributed by atoms with Crippen molar-refractivity contribution in [3.63, 3.8) is 0 Å². The van der Waals surface area contributed by atoms with E-state index in [9.17, 15) is 4.79 Å². The Hall–Kier alpha value is -1.69. The van der Waals surface area contributed by atoms with Crippen LogP contribution in [0, 0.1) is 5.92 Å². The number of hydrogen-bond donors (Lipinski definition) is 1. The van der Waals surface area contributed by atoms with Crippen LogP contribution in [0.2, 0.25) is 0 Å². The molecular weight excluding hydrogens is 308 g/mol. The van der Waals surface area contributed by atoms with Crippen LogP contribution < -0.4 is 5.32 Å². The number of benzene rings is 1. The van der Waals surface area contributed by atoms with E-state index < -0.39 is 0 Å². The van der Waals surface area contributed by atoms with Crippen molar-refractivity contribution >= 4 is 27.5 Å². The Morgan fingerprint density at radius 3 is 2.74 bits per heavy atom. The smallest absolute Gasteiger partial charge is 0.238 e. The van der Waals surface area contributed by atoms with Gasteiger partial charge in [-0.25, -0.2) is 4.68 Å². The van der Waals surface area contributed by atoms with Crippen molar-refractivity contribution in [2.45, 2.75) is 18.7 Å². The number of carbonyl (C=O) groups excluding carboxylic acids is 1. The number of para-hydroxylation sites is 2. The van der Waals surface area contributed by atoms with Crippen LogP contribution in [0.4, 0.5) is 5.69 Å². The number of nitrogens with zero attached hydrogens (tertiary/aromatic N) is 3. The first-order valence-corrected chi connectivity index (χ1v) is 6.92. The first kappa shape index (κ1) is 13.7. The van der Waals surface area contributed by atoms with Crippen molar-refractivity contribution in [2.75, 3.05) is 5.32 Å². The van der Waals surface area contributed by atoms with Gasteiger partial charge in [0.15, 0.2) is 0 Å². The maximum absolute atomic E-state index is 12.1. The van der Waals surface area contributed by atoms with Gasteiger partial charge in [0.05, 0.1) is 28.6 Å². The molecule has 0 spiro atoms. The van der Waals surface area contributed by atoms with Gasteiger partial charge >= 0.3 is 0 Å². The molecule has 100 valence electrons. The quantitative estimate of drug-likeness (QED) is 0.880. The number of aromatic nitrogens is 3. The Balaban J connectivity index is 2.24. The highest BCUT2D eigenvalue weighted by Crippen LogP contribution is 2.21. The first-order valence-electron chi connectivity index (χ1n) is 6.00. The van der Waals surface area contributed by atoms with Crippen LogP contribution in [0.15, 0.2) is 36.7 Å². The third kappa shape index (κ3) is 3.20. The highest BCUT2D eigenvalue weighted by Gasteiger charge is 2.19. The second-order valence-electron chi connectivity index (χ2n) is 4.50. The zero-order valence-corrected chi connectivity index (χ0v) is 12.3. The predicted molar refractivity (Wildman–Crippen MR) is 77.5 cm³/mol. The average molecular weight is 323 g/mol. The summed E-state index contributed by atoms with van der Waals surface area (Å²) in [5, 5.41) is 10.6. The Bertz CT molecular complexity index is 554. The highest BCUT2D eigenvalue weighted by atomic mass is 79.9. The lowest BCUT2D eigenvalue weighted by atomic mass is 10.1. The molecule has 0 bridgehead atoms. The van der Waals surface area contributed by atoms with Gasteiger partial charge in [-0.2, -0.15) is 0 Å². The van der Waals surface area contributed by atoms with Crippen LogP contribution >= 0.6 is 15.9 Å². The minimum absolute atomic E-state index is 0.0671. The Morgan fingerprint density at radius 1 is 1.37 bits per heavy atom. The summed E-state index contributed by atoms with van der Waals surface area (Å²) in [4.78, 5) is 11.8. The van der Waals surface area contributed by atoms with Crippen LogP contribution in [0.25, 0.3) is 5.69 Å². The largest absolute Gasteiger partial charge is 0.323 e. The van der Waals surface area contributed by atoms with Gasteiger partial charge in [-0.05, 0) is 18.1 Å². The number of carbonyl (C=O) groups is 1.